The van der Waals surface area contributed by atoms with Crippen molar-refractivity contribution in [2.45, 2.75) is 60.5 Å². The van der Waals surface area contributed by atoms with Gasteiger partial charge >= 0.3 is 5.97 Å². The molecule has 0 aromatic rings. The number of hydrogen-bond donors (Lipinski definition) is 1. The van der Waals surface area contributed by atoms with Crippen LogP contribution >= 0.6 is 0 Å². The molecule has 1 N–H and O–H groups in total. The Bertz CT molecular complexity index is 224. The summed E-state index contributed by atoms with van der Waals surface area (Å²) in [7, 11) is 0. The Morgan fingerprint density at radius 2 is 1.81 bits per heavy atom. The summed E-state index contributed by atoms with van der Waals surface area (Å²) in [4.78, 5) is 11.7. The highest BCUT2D eigenvalue weighted by atomic mass is 16.5. The third-order valence-electron chi connectivity index (χ3n) is 3.33. The number of aliphatic hydroxyl groups is 1. The van der Waals surface area contributed by atoms with Gasteiger partial charge in [0.25, 0.3) is 0 Å². The van der Waals surface area contributed by atoms with Crippen molar-refractivity contribution in [2.24, 2.45) is 10.8 Å². The fraction of sp³-hybridized carbons (Fsp3) is 0.923. The van der Waals surface area contributed by atoms with E-state index < -0.39 is 0 Å². The van der Waals surface area contributed by atoms with Gasteiger partial charge in [-0.25, -0.2) is 0 Å². The fourth-order valence-electron chi connectivity index (χ4n) is 1.06. The Labute approximate surface area is 99.2 Å². The van der Waals surface area contributed by atoms with Crippen LogP contribution in [0.5, 0.6) is 0 Å². The van der Waals surface area contributed by atoms with Crippen LogP contribution in [0.3, 0.4) is 0 Å². The van der Waals surface area contributed by atoms with E-state index >= 15 is 0 Å². The Kier molecular flexibility index (Phi) is 5.47. The first-order chi connectivity index (χ1) is 7.14. The highest BCUT2D eigenvalue weighted by molar-refractivity contribution is 5.70. The van der Waals surface area contributed by atoms with Crippen molar-refractivity contribution < 1.29 is 14.6 Å². The minimum Gasteiger partial charge on any atom is -0.462 e. The van der Waals surface area contributed by atoms with Gasteiger partial charge in [0.15, 0.2) is 0 Å². The number of ether oxygens (including phenoxy) is 1. The predicted octanol–water partition coefficient (Wildman–Crippen LogP) is 2.76. The molecule has 1 unspecified atom stereocenters. The lowest BCUT2D eigenvalue weighted by Crippen LogP contribution is -2.32. The quantitative estimate of drug-likeness (QED) is 0.739. The summed E-state index contributed by atoms with van der Waals surface area (Å²) in [5.41, 5.74) is -0.397. The lowest BCUT2D eigenvalue weighted by molar-refractivity contribution is -0.156. The van der Waals surface area contributed by atoms with Crippen LogP contribution in [0, 0.1) is 10.8 Å². The van der Waals surface area contributed by atoms with E-state index in [1.54, 1.807) is 0 Å². The lowest BCUT2D eigenvalue weighted by atomic mass is 9.85. The summed E-state index contributed by atoms with van der Waals surface area (Å²) in [6.07, 6.45) is 0.933. The van der Waals surface area contributed by atoms with Crippen LogP contribution in [0.1, 0.15) is 54.4 Å². The van der Waals surface area contributed by atoms with E-state index in [0.29, 0.717) is 0 Å². The van der Waals surface area contributed by atoms with Crippen molar-refractivity contribution in [1.82, 2.24) is 0 Å². The second-order valence-electron chi connectivity index (χ2n) is 6.00. The molecule has 0 spiro atoms. The first-order valence-corrected chi connectivity index (χ1v) is 5.95. The number of aliphatic hydroxyl groups excluding tert-OH is 1. The summed E-state index contributed by atoms with van der Waals surface area (Å²) in [5, 5.41) is 9.22. The molecule has 3 heteroatoms. The number of hydrogen-bond acceptors (Lipinski definition) is 3. The second kappa shape index (κ2) is 5.67. The van der Waals surface area contributed by atoms with Gasteiger partial charge in [-0.15, -0.1) is 0 Å². The van der Waals surface area contributed by atoms with E-state index in [1.807, 2.05) is 41.5 Å². The van der Waals surface area contributed by atoms with Crippen molar-refractivity contribution in [1.29, 1.82) is 0 Å². The Hall–Kier alpha value is -0.570. The summed E-state index contributed by atoms with van der Waals surface area (Å²) < 4.78 is 5.36. The molecule has 0 heterocycles. The van der Waals surface area contributed by atoms with Gasteiger partial charge < -0.3 is 9.84 Å². The van der Waals surface area contributed by atoms with Gasteiger partial charge in [0.2, 0.25) is 0 Å². The van der Waals surface area contributed by atoms with E-state index in [-0.39, 0.29) is 35.9 Å². The molecule has 3 nitrogen and oxygen atoms in total. The molecule has 0 fully saturated rings. The molecule has 0 aromatic heterocycles. The van der Waals surface area contributed by atoms with Crippen molar-refractivity contribution in [3.63, 3.8) is 0 Å². The van der Waals surface area contributed by atoms with Gasteiger partial charge in [-0.05, 0) is 18.8 Å². The normalized spacial score (nSPS) is 17.7. The summed E-state index contributed by atoms with van der Waals surface area (Å²) in [6.45, 7) is 11.9. The predicted molar refractivity (Wildman–Crippen MR) is 65.1 cm³/mol. The van der Waals surface area contributed by atoms with Crippen molar-refractivity contribution >= 4 is 5.97 Å². The van der Waals surface area contributed by atoms with Crippen LogP contribution in [0.2, 0.25) is 0 Å². The van der Waals surface area contributed by atoms with Crippen LogP contribution in [0.4, 0.5) is 0 Å². The first-order valence-electron chi connectivity index (χ1n) is 5.95. The maximum absolute atomic E-state index is 11.7. The topological polar surface area (TPSA) is 46.5 Å². The molecule has 0 saturated carbocycles. The maximum Gasteiger partial charge on any atom is 0.306 e. The van der Waals surface area contributed by atoms with Crippen molar-refractivity contribution in [3.05, 3.63) is 0 Å². The molecule has 0 saturated heterocycles. The first kappa shape index (κ1) is 15.4. The molecule has 0 bridgehead atoms. The fourth-order valence-corrected chi connectivity index (χ4v) is 1.06. The third kappa shape index (κ3) is 4.97. The number of carbonyl (C=O) groups is 1. The third-order valence-corrected chi connectivity index (χ3v) is 3.33. The van der Waals surface area contributed by atoms with E-state index in [2.05, 4.69) is 0 Å². The zero-order valence-corrected chi connectivity index (χ0v) is 11.5. The van der Waals surface area contributed by atoms with E-state index in [0.717, 1.165) is 6.42 Å². The average Bonchev–Trinajstić information content (AvgIpc) is 2.15. The average molecular weight is 230 g/mol. The minimum absolute atomic E-state index is 0.0164. The smallest absolute Gasteiger partial charge is 0.306 e. The second-order valence-corrected chi connectivity index (χ2v) is 6.00. The molecule has 0 aliphatic carbocycles. The molecular formula is C13H26O3. The summed E-state index contributed by atoms with van der Waals surface area (Å²) in [5.74, 6) is -0.221. The summed E-state index contributed by atoms with van der Waals surface area (Å²) >= 11 is 0. The van der Waals surface area contributed by atoms with Gasteiger partial charge in [-0.1, -0.05) is 34.6 Å². The highest BCUT2D eigenvalue weighted by Gasteiger charge is 2.29. The number of carbonyl (C=O) groups excluding carboxylic acids is 1. The molecule has 0 amide bonds. The number of rotatable bonds is 5. The lowest BCUT2D eigenvalue weighted by Gasteiger charge is -2.29. The SMILES string of the molecule is CCC(C)(CO)CC(=O)O[C@H](C)C(C)(C)C. The monoisotopic (exact) mass is 230 g/mol. The molecular weight excluding hydrogens is 204 g/mol. The highest BCUT2D eigenvalue weighted by Crippen LogP contribution is 2.27. The molecule has 96 valence electrons. The zero-order chi connectivity index (χ0) is 13.0. The van der Waals surface area contributed by atoms with Crippen LogP contribution in [0.15, 0.2) is 0 Å². The van der Waals surface area contributed by atoms with Gasteiger partial charge in [-0.2, -0.15) is 0 Å². The van der Waals surface area contributed by atoms with E-state index in [1.165, 1.54) is 0 Å². The zero-order valence-electron chi connectivity index (χ0n) is 11.5. The Morgan fingerprint density at radius 3 is 2.12 bits per heavy atom. The van der Waals surface area contributed by atoms with Crippen LogP contribution in [-0.4, -0.2) is 23.8 Å². The molecule has 2 atom stereocenters. The summed E-state index contributed by atoms with van der Waals surface area (Å²) in [6, 6.07) is 0. The molecule has 0 aliphatic heterocycles. The Balaban J connectivity index is 4.29. The minimum atomic E-state index is -0.352. The standard InChI is InChI=1S/C13H26O3/c1-7-13(6,9-14)8-11(15)16-10(2)12(3,4)5/h10,14H,7-9H2,1-6H3/t10-,13?/m1/s1. The van der Waals surface area contributed by atoms with Crippen molar-refractivity contribution in [2.75, 3.05) is 6.61 Å². The van der Waals surface area contributed by atoms with Gasteiger partial charge in [-0.3, -0.25) is 4.79 Å². The van der Waals surface area contributed by atoms with E-state index in [9.17, 15) is 9.90 Å². The van der Waals surface area contributed by atoms with Gasteiger partial charge in [0, 0.05) is 12.0 Å². The van der Waals surface area contributed by atoms with E-state index in [4.69, 9.17) is 4.74 Å². The largest absolute Gasteiger partial charge is 0.462 e. The molecule has 16 heavy (non-hydrogen) atoms. The Morgan fingerprint density at radius 1 is 1.31 bits per heavy atom. The van der Waals surface area contributed by atoms with Crippen LogP contribution in [-0.2, 0) is 9.53 Å². The van der Waals surface area contributed by atoms with Crippen LogP contribution in [0.25, 0.3) is 0 Å². The van der Waals surface area contributed by atoms with Crippen LogP contribution < -0.4 is 0 Å². The molecule has 0 aromatic carbocycles. The molecule has 0 radical (unpaired) electrons. The maximum atomic E-state index is 11.7. The molecule has 0 aliphatic rings. The van der Waals surface area contributed by atoms with Gasteiger partial charge in [0.1, 0.15) is 6.10 Å². The van der Waals surface area contributed by atoms with Gasteiger partial charge in [0.05, 0.1) is 6.42 Å². The van der Waals surface area contributed by atoms with Crippen molar-refractivity contribution in [3.8, 4) is 0 Å². The number of esters is 1. The molecule has 0 rings (SSSR count).